The molecule has 0 aliphatic heterocycles. The van der Waals surface area contributed by atoms with Crippen LogP contribution in [0.1, 0.15) is 58.8 Å². The summed E-state index contributed by atoms with van der Waals surface area (Å²) in [5, 5.41) is 19.4. The third-order valence-electron chi connectivity index (χ3n) is 6.95. The number of nitrogens with one attached hydrogen (secondary N) is 3. The van der Waals surface area contributed by atoms with Crippen LogP contribution in [0.4, 0.5) is 24.5 Å². The Bertz CT molecular complexity index is 1770. The van der Waals surface area contributed by atoms with Gasteiger partial charge >= 0.3 is 6.18 Å². The number of hydrogen-bond donors (Lipinski definition) is 3. The van der Waals surface area contributed by atoms with E-state index in [1.54, 1.807) is 26.8 Å². The summed E-state index contributed by atoms with van der Waals surface area (Å²) in [5.41, 5.74) is 1.23. The molecule has 3 amide bonds. The predicted octanol–water partition coefficient (Wildman–Crippen LogP) is 6.78. The zero-order valence-electron chi connectivity index (χ0n) is 24.4. The van der Waals surface area contributed by atoms with E-state index in [4.69, 9.17) is 11.6 Å². The van der Waals surface area contributed by atoms with Gasteiger partial charge in [0.05, 0.1) is 21.6 Å². The second-order valence-corrected chi connectivity index (χ2v) is 11.1. The van der Waals surface area contributed by atoms with Gasteiger partial charge in [0.1, 0.15) is 12.2 Å². The lowest BCUT2D eigenvalue weighted by atomic mass is 10.1. The van der Waals surface area contributed by atoms with Crippen LogP contribution in [0, 0.1) is 16.0 Å². The molecule has 3 aromatic carbocycles. The van der Waals surface area contributed by atoms with Crippen molar-refractivity contribution >= 4 is 51.6 Å². The molecule has 0 aliphatic rings. The molecule has 0 spiro atoms. The van der Waals surface area contributed by atoms with E-state index >= 15 is 0 Å². The van der Waals surface area contributed by atoms with Gasteiger partial charge < -0.3 is 20.5 Å². The van der Waals surface area contributed by atoms with E-state index in [1.165, 1.54) is 60.7 Å². The lowest BCUT2D eigenvalue weighted by Crippen LogP contribution is -2.30. The molecule has 4 aromatic rings. The third kappa shape index (κ3) is 8.18. The van der Waals surface area contributed by atoms with Crippen molar-refractivity contribution < 1.29 is 32.5 Å². The van der Waals surface area contributed by atoms with Crippen LogP contribution >= 0.6 is 11.6 Å². The molecule has 1 heterocycles. The van der Waals surface area contributed by atoms with Crippen molar-refractivity contribution in [2.75, 3.05) is 5.32 Å². The molecule has 10 nitrogen and oxygen atoms in total. The Morgan fingerprint density at radius 3 is 2.27 bits per heavy atom. The molecule has 0 aliphatic carbocycles. The number of nitro groups is 1. The van der Waals surface area contributed by atoms with E-state index in [1.807, 2.05) is 0 Å². The van der Waals surface area contributed by atoms with Gasteiger partial charge in [-0.3, -0.25) is 24.5 Å². The minimum Gasteiger partial charge on any atom is -0.352 e. The molecule has 45 heavy (non-hydrogen) atoms. The van der Waals surface area contributed by atoms with Crippen molar-refractivity contribution in [3.8, 4) is 0 Å². The van der Waals surface area contributed by atoms with Gasteiger partial charge in [-0.1, -0.05) is 43.6 Å². The minimum absolute atomic E-state index is 0.111. The molecule has 0 fully saturated rings. The molecule has 1 aromatic heterocycles. The van der Waals surface area contributed by atoms with Crippen LogP contribution in [0.2, 0.25) is 5.02 Å². The standard InChI is InChI=1S/C31H29ClF3N5O5/c1-17(2)28(41)36-15-19-4-10-25(32)24(12-19)29(42)38-22-7-11-26-21(13-22)14-27(39(26)16-31(33,34)35)30(43)37-18(3)20-5-8-23(9-6-20)40(44)45/h4-14,17-18H,15-16H2,1-3H3,(H,36,41)(H,37,43)(H,38,42)/t18-/m0/s1. The van der Waals surface area contributed by atoms with Gasteiger partial charge in [-0.25, -0.2) is 0 Å². The Labute approximate surface area is 260 Å². The van der Waals surface area contributed by atoms with Crippen molar-refractivity contribution in [3.05, 3.63) is 104 Å². The minimum atomic E-state index is -4.64. The number of nitro benzene ring substituents is 1. The van der Waals surface area contributed by atoms with E-state index in [-0.39, 0.29) is 56.9 Å². The second kappa shape index (κ2) is 13.4. The zero-order chi connectivity index (χ0) is 33.1. The average molecular weight is 644 g/mol. The molecule has 3 N–H and O–H groups in total. The number of aromatic nitrogens is 1. The molecule has 0 unspecified atom stereocenters. The van der Waals surface area contributed by atoms with Gasteiger partial charge in [-0.15, -0.1) is 0 Å². The summed E-state index contributed by atoms with van der Waals surface area (Å²) >= 11 is 6.26. The number of benzene rings is 3. The number of non-ortho nitro benzene ring substituents is 1. The number of alkyl halides is 3. The SMILES string of the molecule is CC(C)C(=O)NCc1ccc(Cl)c(C(=O)Nc2ccc3c(c2)cc(C(=O)N[C@@H](C)c2ccc([N+](=O)[O-])cc2)n3CC(F)(F)F)c1. The van der Waals surface area contributed by atoms with Crippen molar-refractivity contribution in [2.45, 2.75) is 46.1 Å². The number of carbonyl (C=O) groups is 3. The second-order valence-electron chi connectivity index (χ2n) is 10.7. The maximum absolute atomic E-state index is 13.6. The Balaban J connectivity index is 1.58. The number of nitrogens with zero attached hydrogens (tertiary/aromatic N) is 2. The van der Waals surface area contributed by atoms with Gasteiger partial charge in [0.25, 0.3) is 17.5 Å². The molecule has 14 heteroatoms. The molecular weight excluding hydrogens is 615 g/mol. The lowest BCUT2D eigenvalue weighted by molar-refractivity contribution is -0.384. The van der Waals surface area contributed by atoms with E-state index in [0.717, 1.165) is 4.57 Å². The fraction of sp³-hybridized carbons (Fsp3) is 0.258. The topological polar surface area (TPSA) is 135 Å². The first-order valence-corrected chi connectivity index (χ1v) is 14.1. The lowest BCUT2D eigenvalue weighted by Gasteiger charge is -2.17. The summed E-state index contributed by atoms with van der Waals surface area (Å²) < 4.78 is 41.5. The summed E-state index contributed by atoms with van der Waals surface area (Å²) in [4.78, 5) is 48.6. The van der Waals surface area contributed by atoms with Crippen LogP contribution in [-0.2, 0) is 17.9 Å². The first kappa shape index (κ1) is 33.0. The number of carbonyl (C=O) groups excluding carboxylic acids is 3. The van der Waals surface area contributed by atoms with Crippen LogP contribution in [0.15, 0.2) is 66.7 Å². The molecule has 0 radical (unpaired) electrons. The van der Waals surface area contributed by atoms with Crippen LogP contribution in [0.25, 0.3) is 10.9 Å². The van der Waals surface area contributed by atoms with Crippen molar-refractivity contribution in [1.29, 1.82) is 0 Å². The fourth-order valence-electron chi connectivity index (χ4n) is 4.57. The smallest absolute Gasteiger partial charge is 0.352 e. The third-order valence-corrected chi connectivity index (χ3v) is 7.28. The van der Waals surface area contributed by atoms with E-state index in [0.29, 0.717) is 11.1 Å². The maximum atomic E-state index is 13.6. The molecular formula is C31H29ClF3N5O5. The highest BCUT2D eigenvalue weighted by Gasteiger charge is 2.31. The molecule has 0 bridgehead atoms. The highest BCUT2D eigenvalue weighted by atomic mass is 35.5. The number of halogens is 4. The van der Waals surface area contributed by atoms with Crippen LogP contribution in [-0.4, -0.2) is 33.4 Å². The number of anilines is 1. The molecule has 0 saturated heterocycles. The Morgan fingerprint density at radius 2 is 1.64 bits per heavy atom. The summed E-state index contributed by atoms with van der Waals surface area (Å²) in [5.74, 6) is -1.75. The van der Waals surface area contributed by atoms with Crippen LogP contribution in [0.5, 0.6) is 0 Å². The quantitative estimate of drug-likeness (QED) is 0.129. The predicted molar refractivity (Wildman–Crippen MR) is 163 cm³/mol. The Kier molecular flexibility index (Phi) is 9.81. The number of fused-ring (bicyclic) bond motifs is 1. The molecule has 236 valence electrons. The molecule has 1 atom stereocenters. The highest BCUT2D eigenvalue weighted by Crippen LogP contribution is 2.29. The summed E-state index contributed by atoms with van der Waals surface area (Å²) in [6.45, 7) is 3.85. The first-order valence-electron chi connectivity index (χ1n) is 13.8. The average Bonchev–Trinajstić information content (AvgIpc) is 3.32. The monoisotopic (exact) mass is 643 g/mol. The van der Waals surface area contributed by atoms with Gasteiger partial charge in [0, 0.05) is 41.2 Å². The Morgan fingerprint density at radius 1 is 0.956 bits per heavy atom. The zero-order valence-corrected chi connectivity index (χ0v) is 25.1. The van der Waals surface area contributed by atoms with Gasteiger partial charge in [0.2, 0.25) is 5.91 Å². The summed E-state index contributed by atoms with van der Waals surface area (Å²) in [6, 6.07) is 15.0. The van der Waals surface area contributed by atoms with Crippen molar-refractivity contribution in [3.63, 3.8) is 0 Å². The summed E-state index contributed by atoms with van der Waals surface area (Å²) in [6.07, 6.45) is -4.64. The summed E-state index contributed by atoms with van der Waals surface area (Å²) in [7, 11) is 0. The number of rotatable bonds is 10. The largest absolute Gasteiger partial charge is 0.406 e. The molecule has 4 rings (SSSR count). The number of hydrogen-bond acceptors (Lipinski definition) is 5. The van der Waals surface area contributed by atoms with Gasteiger partial charge in [0.15, 0.2) is 0 Å². The van der Waals surface area contributed by atoms with E-state index in [9.17, 15) is 37.7 Å². The van der Waals surface area contributed by atoms with E-state index in [2.05, 4.69) is 16.0 Å². The van der Waals surface area contributed by atoms with E-state index < -0.39 is 35.5 Å². The highest BCUT2D eigenvalue weighted by molar-refractivity contribution is 6.34. The van der Waals surface area contributed by atoms with Crippen LogP contribution in [0.3, 0.4) is 0 Å². The van der Waals surface area contributed by atoms with Crippen molar-refractivity contribution in [2.24, 2.45) is 5.92 Å². The van der Waals surface area contributed by atoms with Gasteiger partial charge in [-0.2, -0.15) is 13.2 Å². The number of amides is 3. The van der Waals surface area contributed by atoms with Gasteiger partial charge in [-0.05, 0) is 54.4 Å². The first-order chi connectivity index (χ1) is 21.1. The maximum Gasteiger partial charge on any atom is 0.406 e. The Hall–Kier alpha value is -4.91. The van der Waals surface area contributed by atoms with Crippen molar-refractivity contribution in [1.82, 2.24) is 15.2 Å². The molecule has 0 saturated carbocycles. The fourth-order valence-corrected chi connectivity index (χ4v) is 4.78. The normalized spacial score (nSPS) is 12.2. The van der Waals surface area contributed by atoms with Crippen LogP contribution < -0.4 is 16.0 Å².